The highest BCUT2D eigenvalue weighted by molar-refractivity contribution is 6.30. The van der Waals surface area contributed by atoms with Crippen molar-refractivity contribution < 1.29 is 14.3 Å². The van der Waals surface area contributed by atoms with E-state index in [-0.39, 0.29) is 18.1 Å². The predicted octanol–water partition coefficient (Wildman–Crippen LogP) is 3.09. The minimum atomic E-state index is -0.907. The molecule has 1 unspecified atom stereocenters. The van der Waals surface area contributed by atoms with E-state index in [1.807, 2.05) is 12.1 Å². The van der Waals surface area contributed by atoms with Gasteiger partial charge in [0.15, 0.2) is 0 Å². The molecule has 0 aliphatic heterocycles. The molecule has 24 heavy (non-hydrogen) atoms. The van der Waals surface area contributed by atoms with Gasteiger partial charge in [-0.25, -0.2) is 4.98 Å². The SMILES string of the molecule is Cc1[nH]c(-c2cccc(Cl)c2)nc1C(=O)NCC(O)c1ccco1. The van der Waals surface area contributed by atoms with Crippen LogP contribution in [0.1, 0.15) is 28.0 Å². The Morgan fingerprint density at radius 3 is 2.96 bits per heavy atom. The highest BCUT2D eigenvalue weighted by atomic mass is 35.5. The summed E-state index contributed by atoms with van der Waals surface area (Å²) in [5.41, 5.74) is 1.70. The number of hydrogen-bond acceptors (Lipinski definition) is 4. The van der Waals surface area contributed by atoms with Crippen LogP contribution in [0, 0.1) is 6.92 Å². The van der Waals surface area contributed by atoms with Crippen LogP contribution in [-0.4, -0.2) is 27.5 Å². The zero-order chi connectivity index (χ0) is 17.1. The number of aryl methyl sites for hydroxylation is 1. The van der Waals surface area contributed by atoms with Crippen molar-refractivity contribution in [3.63, 3.8) is 0 Å². The Morgan fingerprint density at radius 1 is 1.42 bits per heavy atom. The molecule has 0 aliphatic carbocycles. The number of nitrogens with zero attached hydrogens (tertiary/aromatic N) is 1. The lowest BCUT2D eigenvalue weighted by atomic mass is 10.2. The third kappa shape index (κ3) is 3.50. The summed E-state index contributed by atoms with van der Waals surface area (Å²) in [6.45, 7) is 1.80. The molecule has 6 nitrogen and oxygen atoms in total. The Bertz CT molecular complexity index is 843. The van der Waals surface area contributed by atoms with Gasteiger partial charge in [0.1, 0.15) is 23.4 Å². The van der Waals surface area contributed by atoms with Gasteiger partial charge in [0.25, 0.3) is 5.91 Å². The molecule has 0 bridgehead atoms. The molecule has 0 radical (unpaired) electrons. The summed E-state index contributed by atoms with van der Waals surface area (Å²) in [4.78, 5) is 19.7. The van der Waals surface area contributed by atoms with Crippen LogP contribution in [0.3, 0.4) is 0 Å². The van der Waals surface area contributed by atoms with Crippen molar-refractivity contribution >= 4 is 17.5 Å². The fourth-order valence-electron chi connectivity index (χ4n) is 2.31. The number of halogens is 1. The summed E-state index contributed by atoms with van der Waals surface area (Å²) in [5.74, 6) is 0.586. The number of imidazole rings is 1. The second-order valence-corrected chi connectivity index (χ2v) is 5.75. The molecule has 1 atom stereocenters. The molecule has 2 heterocycles. The maximum absolute atomic E-state index is 12.3. The number of aromatic nitrogens is 2. The standard InChI is InChI=1S/C17H16ClN3O3/c1-10-15(17(23)19-9-13(22)14-6-3-7-24-14)21-16(20-10)11-4-2-5-12(18)8-11/h2-8,13,22H,9H2,1H3,(H,19,23)(H,20,21). The minimum Gasteiger partial charge on any atom is -0.467 e. The third-order valence-corrected chi connectivity index (χ3v) is 3.76. The summed E-state index contributed by atoms with van der Waals surface area (Å²) < 4.78 is 5.09. The van der Waals surface area contributed by atoms with Crippen molar-refractivity contribution in [2.75, 3.05) is 6.54 Å². The monoisotopic (exact) mass is 345 g/mol. The average molecular weight is 346 g/mol. The van der Waals surface area contributed by atoms with Gasteiger partial charge in [-0.05, 0) is 31.2 Å². The highest BCUT2D eigenvalue weighted by Crippen LogP contribution is 2.21. The maximum Gasteiger partial charge on any atom is 0.271 e. The molecule has 0 saturated heterocycles. The molecule has 2 aromatic heterocycles. The number of benzene rings is 1. The first kappa shape index (κ1) is 16.3. The smallest absolute Gasteiger partial charge is 0.271 e. The van der Waals surface area contributed by atoms with Crippen LogP contribution < -0.4 is 5.32 Å². The molecule has 1 amide bonds. The first-order valence-corrected chi connectivity index (χ1v) is 7.74. The van der Waals surface area contributed by atoms with E-state index in [0.29, 0.717) is 22.3 Å². The molecule has 3 N–H and O–H groups in total. The minimum absolute atomic E-state index is 0.0329. The first-order valence-electron chi connectivity index (χ1n) is 7.37. The van der Waals surface area contributed by atoms with Gasteiger partial charge in [-0.3, -0.25) is 4.79 Å². The van der Waals surface area contributed by atoms with Crippen LogP contribution >= 0.6 is 11.6 Å². The summed E-state index contributed by atoms with van der Waals surface area (Å²) in [6.07, 6.45) is 0.561. The Kier molecular flexibility index (Phi) is 4.69. The lowest BCUT2D eigenvalue weighted by molar-refractivity contribution is 0.0896. The van der Waals surface area contributed by atoms with Gasteiger partial charge in [-0.15, -0.1) is 0 Å². The van der Waals surface area contributed by atoms with Gasteiger partial charge in [0.05, 0.1) is 12.8 Å². The number of aromatic amines is 1. The van der Waals surface area contributed by atoms with Crippen LogP contribution in [0.15, 0.2) is 47.1 Å². The molecule has 3 rings (SSSR count). The number of furan rings is 1. The van der Waals surface area contributed by atoms with Crippen molar-refractivity contribution in [3.8, 4) is 11.4 Å². The summed E-state index contributed by atoms with van der Waals surface area (Å²) in [6, 6.07) is 10.5. The number of aliphatic hydroxyl groups excluding tert-OH is 1. The van der Waals surface area contributed by atoms with Gasteiger partial charge in [0.2, 0.25) is 0 Å². The number of carbonyl (C=O) groups excluding carboxylic acids is 1. The second-order valence-electron chi connectivity index (χ2n) is 5.31. The van der Waals surface area contributed by atoms with Crippen LogP contribution in [-0.2, 0) is 0 Å². The van der Waals surface area contributed by atoms with E-state index in [1.54, 1.807) is 31.2 Å². The van der Waals surface area contributed by atoms with Crippen LogP contribution in [0.25, 0.3) is 11.4 Å². The van der Waals surface area contributed by atoms with E-state index >= 15 is 0 Å². The third-order valence-electron chi connectivity index (χ3n) is 3.53. The highest BCUT2D eigenvalue weighted by Gasteiger charge is 2.18. The van der Waals surface area contributed by atoms with E-state index in [0.717, 1.165) is 5.56 Å². The zero-order valence-corrected chi connectivity index (χ0v) is 13.7. The quantitative estimate of drug-likeness (QED) is 0.662. The molecule has 0 aliphatic rings. The number of hydrogen-bond donors (Lipinski definition) is 3. The van der Waals surface area contributed by atoms with E-state index in [1.165, 1.54) is 6.26 Å². The molecule has 7 heteroatoms. The normalized spacial score (nSPS) is 12.1. The van der Waals surface area contributed by atoms with E-state index < -0.39 is 6.10 Å². The van der Waals surface area contributed by atoms with Gasteiger partial charge in [-0.1, -0.05) is 23.7 Å². The Hall–Kier alpha value is -2.57. The maximum atomic E-state index is 12.3. The number of amides is 1. The number of H-pyrrole nitrogens is 1. The zero-order valence-electron chi connectivity index (χ0n) is 12.9. The van der Waals surface area contributed by atoms with E-state index in [4.69, 9.17) is 16.0 Å². The van der Waals surface area contributed by atoms with Crippen molar-refractivity contribution in [3.05, 3.63) is 64.8 Å². The molecule has 3 aromatic rings. The summed E-state index contributed by atoms with van der Waals surface area (Å²) in [5, 5.41) is 13.2. The number of carbonyl (C=O) groups is 1. The first-order chi connectivity index (χ1) is 11.5. The number of rotatable bonds is 5. The molecule has 124 valence electrons. The Morgan fingerprint density at radius 2 is 2.25 bits per heavy atom. The Balaban J connectivity index is 1.71. The van der Waals surface area contributed by atoms with Crippen molar-refractivity contribution in [2.45, 2.75) is 13.0 Å². The Labute approximate surface area is 143 Å². The van der Waals surface area contributed by atoms with Crippen LogP contribution in [0.4, 0.5) is 0 Å². The topological polar surface area (TPSA) is 91.2 Å². The lowest BCUT2D eigenvalue weighted by Gasteiger charge is -2.08. The van der Waals surface area contributed by atoms with Crippen LogP contribution in [0.5, 0.6) is 0 Å². The van der Waals surface area contributed by atoms with Gasteiger partial charge < -0.3 is 19.8 Å². The second kappa shape index (κ2) is 6.90. The lowest BCUT2D eigenvalue weighted by Crippen LogP contribution is -2.29. The fourth-order valence-corrected chi connectivity index (χ4v) is 2.50. The number of nitrogens with one attached hydrogen (secondary N) is 2. The molecule has 0 spiro atoms. The average Bonchev–Trinajstić information content (AvgIpc) is 3.22. The van der Waals surface area contributed by atoms with Crippen molar-refractivity contribution in [2.24, 2.45) is 0 Å². The molecular weight excluding hydrogens is 330 g/mol. The summed E-state index contributed by atoms with van der Waals surface area (Å²) in [7, 11) is 0. The van der Waals surface area contributed by atoms with Crippen molar-refractivity contribution in [1.82, 2.24) is 15.3 Å². The van der Waals surface area contributed by atoms with E-state index in [9.17, 15) is 9.90 Å². The van der Waals surface area contributed by atoms with Gasteiger partial charge >= 0.3 is 0 Å². The molecule has 0 fully saturated rings. The molecule has 0 saturated carbocycles. The van der Waals surface area contributed by atoms with Gasteiger partial charge in [-0.2, -0.15) is 0 Å². The fraction of sp³-hybridized carbons (Fsp3) is 0.176. The summed E-state index contributed by atoms with van der Waals surface area (Å²) >= 11 is 5.98. The van der Waals surface area contributed by atoms with E-state index in [2.05, 4.69) is 15.3 Å². The number of aliphatic hydroxyl groups is 1. The largest absolute Gasteiger partial charge is 0.467 e. The molecule has 1 aromatic carbocycles. The van der Waals surface area contributed by atoms with Crippen LogP contribution in [0.2, 0.25) is 5.02 Å². The van der Waals surface area contributed by atoms with Gasteiger partial charge in [0, 0.05) is 16.3 Å². The molecular formula is C17H16ClN3O3. The van der Waals surface area contributed by atoms with Crippen molar-refractivity contribution in [1.29, 1.82) is 0 Å². The predicted molar refractivity (Wildman–Crippen MR) is 89.8 cm³/mol.